The number of para-hydroxylation sites is 2. The Morgan fingerprint density at radius 1 is 1.05 bits per heavy atom. The highest BCUT2D eigenvalue weighted by Gasteiger charge is 2.38. The molecule has 2 N–H and O–H groups in total. The molecular formula is C30H29BrClN5O5. The van der Waals surface area contributed by atoms with Crippen LogP contribution < -0.4 is 20.4 Å². The zero-order valence-corrected chi connectivity index (χ0v) is 25.5. The van der Waals surface area contributed by atoms with Gasteiger partial charge < -0.3 is 25.0 Å². The third-order valence-electron chi connectivity index (χ3n) is 7.14. The lowest BCUT2D eigenvalue weighted by Gasteiger charge is -2.26. The molecule has 12 heteroatoms. The maximum Gasteiger partial charge on any atom is 0.258 e. The number of carbonyl (C=O) groups is 4. The molecule has 0 aliphatic carbocycles. The number of nitrogens with one attached hydrogen (secondary N) is 2. The number of hydrogen-bond donors (Lipinski definition) is 2. The number of hydrogen-bond acceptors (Lipinski definition) is 7. The smallest absolute Gasteiger partial charge is 0.258 e. The Kier molecular flexibility index (Phi) is 9.45. The summed E-state index contributed by atoms with van der Waals surface area (Å²) >= 11 is 3.43. The Hall–Kier alpha value is -4.06. The Labute approximate surface area is 256 Å². The van der Waals surface area contributed by atoms with Gasteiger partial charge in [0.25, 0.3) is 11.8 Å². The van der Waals surface area contributed by atoms with E-state index in [-0.39, 0.29) is 43.1 Å². The van der Waals surface area contributed by atoms with Gasteiger partial charge in [0.1, 0.15) is 11.7 Å². The number of likely N-dealkylation sites (N-methyl/N-ethyl adjacent to an activating group) is 1. The normalized spacial score (nSPS) is 15.4. The number of amides is 3. The van der Waals surface area contributed by atoms with Gasteiger partial charge in [-0.1, -0.05) is 45.4 Å². The van der Waals surface area contributed by atoms with Crippen LogP contribution in [0.5, 0.6) is 0 Å². The van der Waals surface area contributed by atoms with E-state index in [0.717, 1.165) is 9.86 Å². The van der Waals surface area contributed by atoms with Crippen LogP contribution >= 0.6 is 28.3 Å². The molecule has 42 heavy (non-hydrogen) atoms. The standard InChI is InChI=1S/C30H28BrN5O5.ClH/c1-17(32-3)28(38)33-24-16-35(29(39)20-10-8-19(9-11-20)18(2)37)25-6-4-5-7-26(25)36(30(24)40)15-23-22-13-12-21(31)14-27(22)41-34-23;/h4-14,17,24,32H,15-16H2,1-3H3,(H,33,38);1H. The van der Waals surface area contributed by atoms with E-state index < -0.39 is 18.0 Å². The van der Waals surface area contributed by atoms with Crippen LogP contribution in [0.25, 0.3) is 11.0 Å². The minimum atomic E-state index is -1.06. The predicted octanol–water partition coefficient (Wildman–Crippen LogP) is 4.50. The lowest BCUT2D eigenvalue weighted by molar-refractivity contribution is -0.128. The van der Waals surface area contributed by atoms with Crippen molar-refractivity contribution in [2.75, 3.05) is 23.4 Å². The Morgan fingerprint density at radius 2 is 1.71 bits per heavy atom. The van der Waals surface area contributed by atoms with Crippen molar-refractivity contribution in [2.45, 2.75) is 32.5 Å². The quantitative estimate of drug-likeness (QED) is 0.281. The maximum absolute atomic E-state index is 14.1. The number of rotatable bonds is 7. The first-order valence-corrected chi connectivity index (χ1v) is 13.8. The molecule has 0 radical (unpaired) electrons. The third-order valence-corrected chi connectivity index (χ3v) is 7.63. The SMILES string of the molecule is CNC(C)C(=O)NC1CN(C(=O)c2ccc(C(C)=O)cc2)c2ccccc2N(Cc2noc3cc(Br)ccc23)C1=O.Cl. The molecule has 4 aromatic rings. The molecule has 10 nitrogen and oxygen atoms in total. The fraction of sp³-hybridized carbons (Fsp3) is 0.233. The zero-order valence-electron chi connectivity index (χ0n) is 23.1. The number of Topliss-reactive ketones (excluding diaryl/α,β-unsaturated/α-hetero) is 1. The monoisotopic (exact) mass is 653 g/mol. The van der Waals surface area contributed by atoms with Crippen LogP contribution in [0, 0.1) is 0 Å². The number of benzene rings is 3. The molecule has 0 spiro atoms. The van der Waals surface area contributed by atoms with Gasteiger partial charge >= 0.3 is 0 Å². The van der Waals surface area contributed by atoms with E-state index in [1.54, 1.807) is 68.6 Å². The molecule has 0 saturated heterocycles. The highest BCUT2D eigenvalue weighted by atomic mass is 79.9. The van der Waals surface area contributed by atoms with E-state index in [0.29, 0.717) is 33.8 Å². The maximum atomic E-state index is 14.1. The molecule has 218 valence electrons. The van der Waals surface area contributed by atoms with Gasteiger partial charge in [-0.25, -0.2) is 0 Å². The molecule has 1 aliphatic heterocycles. The summed E-state index contributed by atoms with van der Waals surface area (Å²) in [5.41, 5.74) is 2.89. The number of aromatic nitrogens is 1. The second-order valence-corrected chi connectivity index (χ2v) is 10.7. The van der Waals surface area contributed by atoms with Gasteiger partial charge in [0.05, 0.1) is 30.5 Å². The minimum absolute atomic E-state index is 0. The van der Waals surface area contributed by atoms with Gasteiger partial charge in [0.15, 0.2) is 11.4 Å². The molecule has 0 fully saturated rings. The second kappa shape index (κ2) is 12.8. The van der Waals surface area contributed by atoms with Crippen LogP contribution in [0.1, 0.15) is 40.3 Å². The van der Waals surface area contributed by atoms with Crippen LogP contribution in [0.2, 0.25) is 0 Å². The van der Waals surface area contributed by atoms with Crippen molar-refractivity contribution < 1.29 is 23.7 Å². The topological polar surface area (TPSA) is 125 Å². The number of fused-ring (bicyclic) bond motifs is 2. The van der Waals surface area contributed by atoms with E-state index in [2.05, 4.69) is 31.7 Å². The summed E-state index contributed by atoms with van der Waals surface area (Å²) in [6.45, 7) is 3.09. The van der Waals surface area contributed by atoms with Crippen molar-refractivity contribution in [1.82, 2.24) is 15.8 Å². The summed E-state index contributed by atoms with van der Waals surface area (Å²) in [5.74, 6) is -1.27. The molecule has 1 aliphatic rings. The first kappa shape index (κ1) is 30.9. The molecule has 3 amide bonds. The molecule has 2 heterocycles. The van der Waals surface area contributed by atoms with Crippen LogP contribution in [-0.4, -0.2) is 54.3 Å². The third kappa shape index (κ3) is 6.08. The summed E-state index contributed by atoms with van der Waals surface area (Å²) in [6.07, 6.45) is 0. The van der Waals surface area contributed by atoms with Crippen LogP contribution in [0.4, 0.5) is 11.4 Å². The minimum Gasteiger partial charge on any atom is -0.356 e. The van der Waals surface area contributed by atoms with Crippen molar-refractivity contribution >= 4 is 74.2 Å². The number of halogens is 2. The molecule has 5 rings (SSSR count). The van der Waals surface area contributed by atoms with E-state index in [1.807, 2.05) is 12.1 Å². The van der Waals surface area contributed by atoms with Crippen molar-refractivity contribution in [3.8, 4) is 0 Å². The Bertz CT molecular complexity index is 1660. The molecule has 0 bridgehead atoms. The van der Waals surface area contributed by atoms with E-state index in [1.165, 1.54) is 16.7 Å². The molecule has 0 saturated carbocycles. The molecule has 1 aromatic heterocycles. The average molecular weight is 655 g/mol. The van der Waals surface area contributed by atoms with E-state index in [4.69, 9.17) is 4.52 Å². The molecule has 2 unspecified atom stereocenters. The van der Waals surface area contributed by atoms with Gasteiger partial charge in [-0.15, -0.1) is 12.4 Å². The lowest BCUT2D eigenvalue weighted by atomic mass is 10.1. The van der Waals surface area contributed by atoms with Crippen LogP contribution in [0.3, 0.4) is 0 Å². The van der Waals surface area contributed by atoms with Crippen molar-refractivity contribution in [3.63, 3.8) is 0 Å². The summed E-state index contributed by atoms with van der Waals surface area (Å²) < 4.78 is 6.35. The van der Waals surface area contributed by atoms with Crippen molar-refractivity contribution in [1.29, 1.82) is 0 Å². The predicted molar refractivity (Wildman–Crippen MR) is 165 cm³/mol. The fourth-order valence-corrected chi connectivity index (χ4v) is 5.05. The van der Waals surface area contributed by atoms with E-state index in [9.17, 15) is 19.2 Å². The van der Waals surface area contributed by atoms with Crippen molar-refractivity contribution in [2.24, 2.45) is 0 Å². The van der Waals surface area contributed by atoms with Gasteiger partial charge in [0, 0.05) is 21.0 Å². The first-order valence-electron chi connectivity index (χ1n) is 13.0. The number of nitrogens with zero attached hydrogens (tertiary/aromatic N) is 3. The van der Waals surface area contributed by atoms with E-state index >= 15 is 0 Å². The van der Waals surface area contributed by atoms with Gasteiger partial charge in [-0.3, -0.25) is 19.2 Å². The molecule has 2 atom stereocenters. The average Bonchev–Trinajstić information content (AvgIpc) is 3.33. The fourth-order valence-electron chi connectivity index (χ4n) is 4.71. The molecular weight excluding hydrogens is 626 g/mol. The Morgan fingerprint density at radius 3 is 2.38 bits per heavy atom. The summed E-state index contributed by atoms with van der Waals surface area (Å²) in [6, 6.07) is 17.3. The zero-order chi connectivity index (χ0) is 29.3. The summed E-state index contributed by atoms with van der Waals surface area (Å²) in [4.78, 5) is 55.8. The second-order valence-electron chi connectivity index (χ2n) is 9.80. The number of carbonyl (C=O) groups excluding carboxylic acids is 4. The lowest BCUT2D eigenvalue weighted by Crippen LogP contribution is -2.55. The Balaban J connectivity index is 0.00000405. The molecule has 3 aromatic carbocycles. The number of anilines is 2. The van der Waals surface area contributed by atoms with Gasteiger partial charge in [-0.05, 0) is 63.4 Å². The van der Waals surface area contributed by atoms with Crippen LogP contribution in [-0.2, 0) is 16.1 Å². The highest BCUT2D eigenvalue weighted by molar-refractivity contribution is 9.10. The van der Waals surface area contributed by atoms with Gasteiger partial charge in [-0.2, -0.15) is 0 Å². The van der Waals surface area contributed by atoms with Gasteiger partial charge in [0.2, 0.25) is 5.91 Å². The largest absolute Gasteiger partial charge is 0.356 e. The van der Waals surface area contributed by atoms with Crippen molar-refractivity contribution in [3.05, 3.63) is 88.0 Å². The first-order chi connectivity index (χ1) is 19.7. The summed E-state index contributed by atoms with van der Waals surface area (Å²) in [5, 5.41) is 10.7. The van der Waals surface area contributed by atoms with Crippen LogP contribution in [0.15, 0.2) is 75.7 Å². The highest BCUT2D eigenvalue weighted by Crippen LogP contribution is 2.36. The number of ketones is 1. The summed E-state index contributed by atoms with van der Waals surface area (Å²) in [7, 11) is 1.65.